The number of fused-ring (bicyclic) bond motifs is 1. The number of rotatable bonds is 5. The average Bonchev–Trinajstić information content (AvgIpc) is 2.79. The molecule has 0 amide bonds. The Labute approximate surface area is 112 Å². The van der Waals surface area contributed by atoms with Crippen LogP contribution in [0.15, 0.2) is 11.4 Å². The van der Waals surface area contributed by atoms with E-state index in [2.05, 4.69) is 23.7 Å². The molecule has 2 heterocycles. The lowest BCUT2D eigenvalue weighted by atomic mass is 9.83. The molecule has 96 valence electrons. The van der Waals surface area contributed by atoms with Gasteiger partial charge in [0.15, 0.2) is 0 Å². The van der Waals surface area contributed by atoms with E-state index in [4.69, 9.17) is 9.97 Å². The number of nitrogens with zero attached hydrogens (tertiary/aromatic N) is 2. The first-order valence-electron chi connectivity index (χ1n) is 6.85. The van der Waals surface area contributed by atoms with Crippen LogP contribution in [0.2, 0.25) is 0 Å². The van der Waals surface area contributed by atoms with Crippen molar-refractivity contribution in [3.63, 3.8) is 0 Å². The minimum atomic E-state index is 0.821. The lowest BCUT2D eigenvalue weighted by Gasteiger charge is -2.24. The van der Waals surface area contributed by atoms with E-state index in [-0.39, 0.29) is 0 Å². The second-order valence-electron chi connectivity index (χ2n) is 5.06. The average molecular weight is 261 g/mol. The SMILES string of the molecule is CCCNc1nc(CC2CCC2)nc2sccc12. The van der Waals surface area contributed by atoms with Crippen molar-refractivity contribution in [3.8, 4) is 0 Å². The fourth-order valence-electron chi connectivity index (χ4n) is 2.32. The van der Waals surface area contributed by atoms with Gasteiger partial charge >= 0.3 is 0 Å². The Bertz CT molecular complexity index is 531. The Morgan fingerprint density at radius 3 is 3.00 bits per heavy atom. The van der Waals surface area contributed by atoms with Crippen LogP contribution in [0.4, 0.5) is 5.82 Å². The quantitative estimate of drug-likeness (QED) is 0.888. The van der Waals surface area contributed by atoms with Crippen molar-refractivity contribution < 1.29 is 0 Å². The number of thiophene rings is 1. The third-order valence-corrected chi connectivity index (χ3v) is 4.42. The van der Waals surface area contributed by atoms with Crippen LogP contribution in [0.25, 0.3) is 10.2 Å². The number of hydrogen-bond donors (Lipinski definition) is 1. The van der Waals surface area contributed by atoms with Crippen LogP contribution < -0.4 is 5.32 Å². The molecule has 1 N–H and O–H groups in total. The summed E-state index contributed by atoms with van der Waals surface area (Å²) in [5.41, 5.74) is 0. The van der Waals surface area contributed by atoms with Crippen LogP contribution in [0.3, 0.4) is 0 Å². The first kappa shape index (κ1) is 11.9. The zero-order chi connectivity index (χ0) is 12.4. The molecule has 0 saturated heterocycles. The Morgan fingerprint density at radius 1 is 1.39 bits per heavy atom. The van der Waals surface area contributed by atoms with Gasteiger partial charge in [-0.25, -0.2) is 9.97 Å². The standard InChI is InChI=1S/C14H19N3S/c1-2-7-15-13-11-6-8-18-14(11)17-12(16-13)9-10-4-3-5-10/h6,8,10H,2-5,7,9H2,1H3,(H,15,16,17). The summed E-state index contributed by atoms with van der Waals surface area (Å²) in [6, 6.07) is 2.12. The summed E-state index contributed by atoms with van der Waals surface area (Å²) in [6.07, 6.45) is 6.25. The van der Waals surface area contributed by atoms with Gasteiger partial charge in [0.05, 0.1) is 5.39 Å². The molecular weight excluding hydrogens is 242 g/mol. The maximum atomic E-state index is 4.72. The van der Waals surface area contributed by atoms with E-state index < -0.39 is 0 Å². The predicted octanol–water partition coefficient (Wildman–Crippen LogP) is 3.86. The van der Waals surface area contributed by atoms with Gasteiger partial charge in [0.2, 0.25) is 0 Å². The molecule has 18 heavy (non-hydrogen) atoms. The molecule has 0 aliphatic heterocycles. The van der Waals surface area contributed by atoms with Gasteiger partial charge in [-0.3, -0.25) is 0 Å². The van der Waals surface area contributed by atoms with E-state index in [0.717, 1.165) is 41.8 Å². The molecule has 1 saturated carbocycles. The Hall–Kier alpha value is -1.16. The van der Waals surface area contributed by atoms with Crippen molar-refractivity contribution in [1.29, 1.82) is 0 Å². The lowest BCUT2D eigenvalue weighted by molar-refractivity contribution is 0.309. The molecule has 4 heteroatoms. The fourth-order valence-corrected chi connectivity index (χ4v) is 3.11. The summed E-state index contributed by atoms with van der Waals surface area (Å²) in [7, 11) is 0. The highest BCUT2D eigenvalue weighted by atomic mass is 32.1. The first-order chi connectivity index (χ1) is 8.86. The maximum Gasteiger partial charge on any atom is 0.138 e. The van der Waals surface area contributed by atoms with Gasteiger partial charge in [0.1, 0.15) is 16.5 Å². The zero-order valence-electron chi connectivity index (χ0n) is 10.8. The molecule has 2 aromatic rings. The molecule has 2 aromatic heterocycles. The second kappa shape index (κ2) is 5.22. The summed E-state index contributed by atoms with van der Waals surface area (Å²) in [4.78, 5) is 10.5. The van der Waals surface area contributed by atoms with Crippen molar-refractivity contribution in [2.75, 3.05) is 11.9 Å². The van der Waals surface area contributed by atoms with Crippen LogP contribution in [-0.4, -0.2) is 16.5 Å². The molecule has 0 atom stereocenters. The molecular formula is C14H19N3S. The van der Waals surface area contributed by atoms with E-state index in [0.29, 0.717) is 0 Å². The summed E-state index contributed by atoms with van der Waals surface area (Å²) >= 11 is 1.71. The first-order valence-corrected chi connectivity index (χ1v) is 7.72. The summed E-state index contributed by atoms with van der Waals surface area (Å²) in [5, 5.41) is 6.70. The Morgan fingerprint density at radius 2 is 2.28 bits per heavy atom. The minimum absolute atomic E-state index is 0.821. The molecule has 1 aliphatic carbocycles. The van der Waals surface area contributed by atoms with Crippen molar-refractivity contribution >= 4 is 27.4 Å². The van der Waals surface area contributed by atoms with Crippen LogP contribution >= 0.6 is 11.3 Å². The smallest absolute Gasteiger partial charge is 0.138 e. The molecule has 1 fully saturated rings. The highest BCUT2D eigenvalue weighted by Crippen LogP contribution is 2.31. The van der Waals surface area contributed by atoms with E-state index >= 15 is 0 Å². The van der Waals surface area contributed by atoms with Crippen LogP contribution in [-0.2, 0) is 6.42 Å². The van der Waals surface area contributed by atoms with Crippen molar-refractivity contribution in [2.45, 2.75) is 39.0 Å². The molecule has 0 aromatic carbocycles. The fraction of sp³-hybridized carbons (Fsp3) is 0.571. The molecule has 3 nitrogen and oxygen atoms in total. The van der Waals surface area contributed by atoms with Crippen LogP contribution in [0.5, 0.6) is 0 Å². The number of hydrogen-bond acceptors (Lipinski definition) is 4. The molecule has 0 bridgehead atoms. The highest BCUT2D eigenvalue weighted by molar-refractivity contribution is 7.16. The topological polar surface area (TPSA) is 37.8 Å². The Kier molecular flexibility index (Phi) is 3.46. The third-order valence-electron chi connectivity index (χ3n) is 3.61. The lowest BCUT2D eigenvalue weighted by Crippen LogP contribution is -2.16. The Balaban J connectivity index is 1.88. The molecule has 1 aliphatic rings. The molecule has 0 radical (unpaired) electrons. The molecule has 0 unspecified atom stereocenters. The second-order valence-corrected chi connectivity index (χ2v) is 5.95. The highest BCUT2D eigenvalue weighted by Gasteiger charge is 2.20. The van der Waals surface area contributed by atoms with Gasteiger partial charge in [-0.15, -0.1) is 11.3 Å². The van der Waals surface area contributed by atoms with Gasteiger partial charge in [-0.05, 0) is 23.8 Å². The number of anilines is 1. The van der Waals surface area contributed by atoms with Crippen molar-refractivity contribution in [2.24, 2.45) is 5.92 Å². The zero-order valence-corrected chi connectivity index (χ0v) is 11.6. The molecule has 0 spiro atoms. The van der Waals surface area contributed by atoms with Gasteiger partial charge in [-0.2, -0.15) is 0 Å². The predicted molar refractivity (Wildman–Crippen MR) is 77.2 cm³/mol. The van der Waals surface area contributed by atoms with Crippen molar-refractivity contribution in [3.05, 3.63) is 17.3 Å². The van der Waals surface area contributed by atoms with Crippen LogP contribution in [0, 0.1) is 5.92 Å². The van der Waals surface area contributed by atoms with E-state index in [1.165, 1.54) is 24.6 Å². The summed E-state index contributed by atoms with van der Waals surface area (Å²) in [6.45, 7) is 3.15. The van der Waals surface area contributed by atoms with Gasteiger partial charge in [0.25, 0.3) is 0 Å². The minimum Gasteiger partial charge on any atom is -0.369 e. The van der Waals surface area contributed by atoms with E-state index in [1.807, 2.05) is 0 Å². The molecule has 3 rings (SSSR count). The van der Waals surface area contributed by atoms with E-state index in [9.17, 15) is 0 Å². The van der Waals surface area contributed by atoms with Gasteiger partial charge in [0, 0.05) is 13.0 Å². The number of nitrogens with one attached hydrogen (secondary N) is 1. The largest absolute Gasteiger partial charge is 0.369 e. The van der Waals surface area contributed by atoms with E-state index in [1.54, 1.807) is 11.3 Å². The normalized spacial score (nSPS) is 15.8. The maximum absolute atomic E-state index is 4.72. The monoisotopic (exact) mass is 261 g/mol. The summed E-state index contributed by atoms with van der Waals surface area (Å²) < 4.78 is 0. The third kappa shape index (κ3) is 2.34. The van der Waals surface area contributed by atoms with Gasteiger partial charge < -0.3 is 5.32 Å². The number of aromatic nitrogens is 2. The van der Waals surface area contributed by atoms with Crippen molar-refractivity contribution in [1.82, 2.24) is 9.97 Å². The van der Waals surface area contributed by atoms with Gasteiger partial charge in [-0.1, -0.05) is 26.2 Å². The van der Waals surface area contributed by atoms with Crippen LogP contribution in [0.1, 0.15) is 38.4 Å². The summed E-state index contributed by atoms with van der Waals surface area (Å²) in [5.74, 6) is 2.87.